The molecule has 98 valence electrons. The molecule has 1 heterocycles. The van der Waals surface area contributed by atoms with Crippen LogP contribution in [-0.4, -0.2) is 17.7 Å². The molecule has 0 radical (unpaired) electrons. The third kappa shape index (κ3) is 2.02. The molecule has 1 saturated carbocycles. The summed E-state index contributed by atoms with van der Waals surface area (Å²) in [7, 11) is 4.14. The first-order valence-electron chi connectivity index (χ1n) is 6.86. The number of benzene rings is 1. The molecule has 0 aliphatic heterocycles. The first kappa shape index (κ1) is 12.3. The molecular weight excluding hydrogens is 234 g/mol. The van der Waals surface area contributed by atoms with Gasteiger partial charge < -0.3 is 9.88 Å². The van der Waals surface area contributed by atoms with Crippen LogP contribution in [0.25, 0.3) is 15.7 Å². The van der Waals surface area contributed by atoms with E-state index in [-0.39, 0.29) is 0 Å². The number of hydrogen-bond acceptors (Lipinski definition) is 1. The smallest absolute Gasteiger partial charge is 0.187 e. The number of hydrogen-bond donors (Lipinski definition) is 1. The highest BCUT2D eigenvalue weighted by molar-refractivity contribution is 5.87. The van der Waals surface area contributed by atoms with E-state index in [1.54, 1.807) is 0 Å². The van der Waals surface area contributed by atoms with Crippen LogP contribution in [0.4, 0.5) is 5.69 Å². The molecule has 0 bridgehead atoms. The first-order chi connectivity index (χ1) is 9.22. The zero-order valence-electron chi connectivity index (χ0n) is 11.5. The summed E-state index contributed by atoms with van der Waals surface area (Å²) < 4.78 is 2.19. The van der Waals surface area contributed by atoms with Crippen molar-refractivity contribution in [2.24, 2.45) is 7.05 Å². The fourth-order valence-electron chi connectivity index (χ4n) is 3.33. The lowest BCUT2D eigenvalue weighted by Crippen LogP contribution is -2.21. The second kappa shape index (κ2) is 4.71. The van der Waals surface area contributed by atoms with Crippen LogP contribution in [0.3, 0.4) is 0 Å². The monoisotopic (exact) mass is 253 g/mol. The van der Waals surface area contributed by atoms with E-state index in [1.165, 1.54) is 35.7 Å². The van der Waals surface area contributed by atoms with Crippen molar-refractivity contribution in [2.45, 2.75) is 31.2 Å². The van der Waals surface area contributed by atoms with Gasteiger partial charge in [0.05, 0.1) is 6.57 Å². The molecule has 0 saturated heterocycles. The predicted molar refractivity (Wildman–Crippen MR) is 78.6 cm³/mol. The number of aromatic nitrogens is 1. The van der Waals surface area contributed by atoms with Gasteiger partial charge in [0.15, 0.2) is 5.69 Å². The van der Waals surface area contributed by atoms with E-state index < -0.39 is 0 Å². The summed E-state index contributed by atoms with van der Waals surface area (Å²) in [5.41, 5.74) is 3.39. The van der Waals surface area contributed by atoms with Gasteiger partial charge in [0.25, 0.3) is 0 Å². The van der Waals surface area contributed by atoms with E-state index in [1.807, 2.05) is 19.2 Å². The fraction of sp³-hybridized carbons (Fsp3) is 0.438. The summed E-state index contributed by atoms with van der Waals surface area (Å²) in [6, 6.07) is 6.66. The van der Waals surface area contributed by atoms with E-state index in [4.69, 9.17) is 6.57 Å². The standard InChI is InChI=1S/C16H19N3/c1-17-12-5-4-11(8-12)15-10-19(3)16-7-6-13(18-2)9-14(15)16/h6-7,9-12,17H,4-5,8H2,1,3H3. The molecular formula is C16H19N3. The minimum atomic E-state index is 0.627. The second-order valence-electron chi connectivity index (χ2n) is 5.50. The minimum absolute atomic E-state index is 0.627. The number of nitrogens with one attached hydrogen (secondary N) is 1. The van der Waals surface area contributed by atoms with Crippen LogP contribution in [0, 0.1) is 6.57 Å². The van der Waals surface area contributed by atoms with Gasteiger partial charge >= 0.3 is 0 Å². The molecule has 1 N–H and O–H groups in total. The minimum Gasteiger partial charge on any atom is -0.350 e. The summed E-state index contributed by atoms with van der Waals surface area (Å²) in [6.07, 6.45) is 5.95. The lowest BCUT2D eigenvalue weighted by Gasteiger charge is -2.10. The van der Waals surface area contributed by atoms with Gasteiger partial charge in [0.2, 0.25) is 0 Å². The molecule has 0 spiro atoms. The van der Waals surface area contributed by atoms with Crippen LogP contribution in [-0.2, 0) is 7.05 Å². The molecule has 1 aromatic carbocycles. The normalized spacial score (nSPS) is 22.8. The number of fused-ring (bicyclic) bond motifs is 1. The average Bonchev–Trinajstić information content (AvgIpc) is 3.03. The molecule has 19 heavy (non-hydrogen) atoms. The van der Waals surface area contributed by atoms with E-state index in [0.29, 0.717) is 12.0 Å². The quantitative estimate of drug-likeness (QED) is 0.811. The van der Waals surface area contributed by atoms with Crippen LogP contribution in [0.5, 0.6) is 0 Å². The van der Waals surface area contributed by atoms with Crippen LogP contribution in [0.2, 0.25) is 0 Å². The number of aryl methyl sites for hydroxylation is 1. The Morgan fingerprint density at radius 2 is 2.21 bits per heavy atom. The van der Waals surface area contributed by atoms with E-state index in [9.17, 15) is 0 Å². The van der Waals surface area contributed by atoms with Gasteiger partial charge in [-0.2, -0.15) is 0 Å². The molecule has 2 aromatic rings. The lowest BCUT2D eigenvalue weighted by molar-refractivity contribution is 0.572. The van der Waals surface area contributed by atoms with Gasteiger partial charge in [-0.15, -0.1) is 0 Å². The topological polar surface area (TPSA) is 21.3 Å². The maximum Gasteiger partial charge on any atom is 0.187 e. The van der Waals surface area contributed by atoms with Crippen molar-refractivity contribution in [2.75, 3.05) is 7.05 Å². The van der Waals surface area contributed by atoms with Crippen molar-refractivity contribution < 1.29 is 0 Å². The van der Waals surface area contributed by atoms with Crippen molar-refractivity contribution in [3.05, 3.63) is 41.4 Å². The van der Waals surface area contributed by atoms with Crippen LogP contribution in [0.1, 0.15) is 30.7 Å². The Morgan fingerprint density at radius 3 is 2.89 bits per heavy atom. The lowest BCUT2D eigenvalue weighted by atomic mass is 9.96. The van der Waals surface area contributed by atoms with Gasteiger partial charge in [-0.05, 0) is 55.3 Å². The Hall–Kier alpha value is -1.79. The third-order valence-corrected chi connectivity index (χ3v) is 4.41. The predicted octanol–water partition coefficient (Wildman–Crippen LogP) is 3.58. The second-order valence-corrected chi connectivity index (χ2v) is 5.50. The van der Waals surface area contributed by atoms with Crippen molar-refractivity contribution in [1.82, 2.24) is 9.88 Å². The zero-order valence-corrected chi connectivity index (χ0v) is 11.5. The van der Waals surface area contributed by atoms with Gasteiger partial charge in [0.1, 0.15) is 0 Å². The van der Waals surface area contributed by atoms with E-state index >= 15 is 0 Å². The molecule has 3 rings (SSSR count). The molecule has 0 amide bonds. The van der Waals surface area contributed by atoms with Crippen molar-refractivity contribution >= 4 is 16.6 Å². The summed E-state index contributed by atoms with van der Waals surface area (Å²) in [6.45, 7) is 7.18. The SMILES string of the molecule is [C-]#[N+]c1ccc2c(c1)c(C1CCC(NC)C1)cn2C. The first-order valence-corrected chi connectivity index (χ1v) is 6.86. The van der Waals surface area contributed by atoms with Crippen LogP contribution in [0.15, 0.2) is 24.4 Å². The highest BCUT2D eigenvalue weighted by atomic mass is 14.9. The number of rotatable bonds is 2. The van der Waals surface area contributed by atoms with Gasteiger partial charge in [-0.3, -0.25) is 0 Å². The van der Waals surface area contributed by atoms with Crippen LogP contribution >= 0.6 is 0 Å². The van der Waals surface area contributed by atoms with Crippen molar-refractivity contribution in [3.63, 3.8) is 0 Å². The summed E-state index contributed by atoms with van der Waals surface area (Å²) >= 11 is 0. The highest BCUT2D eigenvalue weighted by Crippen LogP contribution is 2.39. The van der Waals surface area contributed by atoms with Crippen LogP contribution < -0.4 is 5.32 Å². The molecule has 1 aromatic heterocycles. The third-order valence-electron chi connectivity index (χ3n) is 4.41. The molecule has 1 fully saturated rings. The highest BCUT2D eigenvalue weighted by Gasteiger charge is 2.26. The van der Waals surface area contributed by atoms with E-state index in [2.05, 4.69) is 34.0 Å². The maximum absolute atomic E-state index is 7.18. The largest absolute Gasteiger partial charge is 0.350 e. The average molecular weight is 253 g/mol. The zero-order chi connectivity index (χ0) is 13.4. The maximum atomic E-state index is 7.18. The summed E-state index contributed by atoms with van der Waals surface area (Å²) in [5, 5.41) is 4.65. The summed E-state index contributed by atoms with van der Waals surface area (Å²) in [5.74, 6) is 0.627. The Kier molecular flexibility index (Phi) is 3.04. The summed E-state index contributed by atoms with van der Waals surface area (Å²) in [4.78, 5) is 3.56. The molecule has 3 heteroatoms. The Bertz CT molecular complexity index is 648. The molecule has 3 nitrogen and oxygen atoms in total. The Labute approximate surface area is 114 Å². The molecule has 1 aliphatic rings. The van der Waals surface area contributed by atoms with Crippen molar-refractivity contribution in [3.8, 4) is 0 Å². The van der Waals surface area contributed by atoms with Gasteiger partial charge in [-0.1, -0.05) is 6.07 Å². The molecule has 2 unspecified atom stereocenters. The number of nitrogens with zero attached hydrogens (tertiary/aromatic N) is 2. The van der Waals surface area contributed by atoms with Gasteiger partial charge in [-0.25, -0.2) is 4.85 Å². The molecule has 2 atom stereocenters. The van der Waals surface area contributed by atoms with E-state index in [0.717, 1.165) is 5.69 Å². The Morgan fingerprint density at radius 1 is 1.37 bits per heavy atom. The molecule has 1 aliphatic carbocycles. The van der Waals surface area contributed by atoms with Gasteiger partial charge in [0, 0.05) is 24.8 Å². The fourth-order valence-corrected chi connectivity index (χ4v) is 3.33. The van der Waals surface area contributed by atoms with Crippen molar-refractivity contribution in [1.29, 1.82) is 0 Å². The Balaban J connectivity index is 2.06.